The zero-order chi connectivity index (χ0) is 14.8. The molecule has 3 nitrogen and oxygen atoms in total. The van der Waals surface area contributed by atoms with Crippen LogP contribution < -0.4 is 10.6 Å². The summed E-state index contributed by atoms with van der Waals surface area (Å²) >= 11 is 1.80. The number of thiophene rings is 1. The maximum atomic E-state index is 12.7. The Labute approximate surface area is 126 Å². The first-order valence-electron chi connectivity index (χ1n) is 7.57. The van der Waals surface area contributed by atoms with Crippen molar-refractivity contribution in [2.24, 2.45) is 5.41 Å². The Morgan fingerprint density at radius 1 is 1.55 bits per heavy atom. The summed E-state index contributed by atoms with van der Waals surface area (Å²) in [6.45, 7) is 10.3. The number of carbonyl (C=O) groups is 1. The van der Waals surface area contributed by atoms with E-state index >= 15 is 0 Å². The van der Waals surface area contributed by atoms with Gasteiger partial charge in [-0.1, -0.05) is 6.92 Å². The molecule has 1 amide bonds. The van der Waals surface area contributed by atoms with E-state index in [2.05, 4.69) is 44.4 Å². The molecule has 1 fully saturated rings. The number of piperidine rings is 1. The summed E-state index contributed by atoms with van der Waals surface area (Å²) in [4.78, 5) is 15.3. The molecule has 1 aromatic rings. The molecule has 0 bridgehead atoms. The van der Waals surface area contributed by atoms with Gasteiger partial charge < -0.3 is 10.6 Å². The highest BCUT2D eigenvalue weighted by Gasteiger charge is 2.38. The number of nitrogens with one attached hydrogen (secondary N) is 2. The van der Waals surface area contributed by atoms with Crippen LogP contribution in [0.2, 0.25) is 0 Å². The lowest BCUT2D eigenvalue weighted by molar-refractivity contribution is -0.133. The summed E-state index contributed by atoms with van der Waals surface area (Å²) in [6.07, 6.45) is 2.99. The SMILES string of the molecule is CCC1(C(=O)NC(C)c2cc(C)sc2C)CCCNC1. The lowest BCUT2D eigenvalue weighted by atomic mass is 9.77. The average molecular weight is 294 g/mol. The first-order chi connectivity index (χ1) is 9.48. The van der Waals surface area contributed by atoms with E-state index < -0.39 is 0 Å². The largest absolute Gasteiger partial charge is 0.349 e. The highest BCUT2D eigenvalue weighted by atomic mass is 32.1. The van der Waals surface area contributed by atoms with Crippen LogP contribution in [0.1, 0.15) is 54.5 Å². The van der Waals surface area contributed by atoms with Crippen molar-refractivity contribution in [1.82, 2.24) is 10.6 Å². The van der Waals surface area contributed by atoms with E-state index in [1.807, 2.05) is 0 Å². The van der Waals surface area contributed by atoms with E-state index in [-0.39, 0.29) is 17.4 Å². The number of hydrogen-bond donors (Lipinski definition) is 2. The number of aryl methyl sites for hydroxylation is 2. The predicted molar refractivity (Wildman–Crippen MR) is 85.2 cm³/mol. The van der Waals surface area contributed by atoms with Gasteiger partial charge in [-0.25, -0.2) is 0 Å². The quantitative estimate of drug-likeness (QED) is 0.894. The lowest BCUT2D eigenvalue weighted by Crippen LogP contribution is -2.50. The van der Waals surface area contributed by atoms with Gasteiger partial charge in [0, 0.05) is 16.3 Å². The van der Waals surface area contributed by atoms with E-state index in [9.17, 15) is 4.79 Å². The van der Waals surface area contributed by atoms with Gasteiger partial charge in [0.15, 0.2) is 0 Å². The summed E-state index contributed by atoms with van der Waals surface area (Å²) in [5.74, 6) is 0.211. The van der Waals surface area contributed by atoms with Crippen LogP contribution in [0.15, 0.2) is 6.07 Å². The molecule has 2 unspecified atom stereocenters. The molecular weight excluding hydrogens is 268 g/mol. The first kappa shape index (κ1) is 15.5. The molecule has 2 N–H and O–H groups in total. The molecule has 2 rings (SSSR count). The fourth-order valence-electron chi connectivity index (χ4n) is 3.13. The van der Waals surface area contributed by atoms with Gasteiger partial charge in [0.1, 0.15) is 0 Å². The summed E-state index contributed by atoms with van der Waals surface area (Å²) in [7, 11) is 0. The van der Waals surface area contributed by atoms with Gasteiger partial charge in [0.05, 0.1) is 11.5 Å². The molecule has 1 aliphatic heterocycles. The summed E-state index contributed by atoms with van der Waals surface area (Å²) in [5, 5.41) is 6.62. The van der Waals surface area contributed by atoms with Crippen molar-refractivity contribution in [3.05, 3.63) is 21.4 Å². The van der Waals surface area contributed by atoms with Crippen molar-refractivity contribution in [2.45, 2.75) is 53.0 Å². The molecule has 1 aromatic heterocycles. The minimum atomic E-state index is -0.217. The fraction of sp³-hybridized carbons (Fsp3) is 0.688. The predicted octanol–water partition coefficient (Wildman–Crippen LogP) is 3.32. The van der Waals surface area contributed by atoms with E-state index in [1.165, 1.54) is 15.3 Å². The standard InChI is InChI=1S/C16H26N2OS/c1-5-16(7-6-8-17-10-16)15(19)18-12(3)14-9-11(2)20-13(14)4/h9,12,17H,5-8,10H2,1-4H3,(H,18,19). The van der Waals surface area contributed by atoms with Crippen LogP contribution in [0.3, 0.4) is 0 Å². The third kappa shape index (κ3) is 3.07. The number of hydrogen-bond acceptors (Lipinski definition) is 3. The number of carbonyl (C=O) groups excluding carboxylic acids is 1. The van der Waals surface area contributed by atoms with Crippen LogP contribution in [0.4, 0.5) is 0 Å². The highest BCUT2D eigenvalue weighted by molar-refractivity contribution is 7.12. The van der Waals surface area contributed by atoms with Crippen LogP contribution in [0, 0.1) is 19.3 Å². The monoisotopic (exact) mass is 294 g/mol. The normalized spacial score (nSPS) is 24.4. The summed E-state index contributed by atoms with van der Waals surface area (Å²) in [6, 6.07) is 2.29. The van der Waals surface area contributed by atoms with Crippen molar-refractivity contribution in [3.63, 3.8) is 0 Å². The Bertz CT molecular complexity index is 475. The van der Waals surface area contributed by atoms with E-state index in [0.717, 1.165) is 32.4 Å². The van der Waals surface area contributed by atoms with Crippen LogP contribution >= 0.6 is 11.3 Å². The Hall–Kier alpha value is -0.870. The molecule has 0 aliphatic carbocycles. The Morgan fingerprint density at radius 3 is 2.80 bits per heavy atom. The van der Waals surface area contributed by atoms with Crippen LogP contribution in [0.5, 0.6) is 0 Å². The molecular formula is C16H26N2OS. The van der Waals surface area contributed by atoms with Gasteiger partial charge in [0.25, 0.3) is 0 Å². The molecule has 20 heavy (non-hydrogen) atoms. The van der Waals surface area contributed by atoms with Crippen molar-refractivity contribution >= 4 is 17.2 Å². The molecule has 2 heterocycles. The van der Waals surface area contributed by atoms with Gasteiger partial charge in [-0.05, 0) is 58.2 Å². The minimum Gasteiger partial charge on any atom is -0.349 e. The average Bonchev–Trinajstić information content (AvgIpc) is 2.78. The molecule has 1 aliphatic rings. The van der Waals surface area contributed by atoms with E-state index in [4.69, 9.17) is 0 Å². The lowest BCUT2D eigenvalue weighted by Gasteiger charge is -2.36. The second kappa shape index (κ2) is 6.27. The van der Waals surface area contributed by atoms with Crippen LogP contribution in [-0.4, -0.2) is 19.0 Å². The smallest absolute Gasteiger partial charge is 0.227 e. The van der Waals surface area contributed by atoms with Gasteiger partial charge >= 0.3 is 0 Å². The van der Waals surface area contributed by atoms with Gasteiger partial charge in [-0.3, -0.25) is 4.79 Å². The molecule has 0 radical (unpaired) electrons. The Balaban J connectivity index is 2.08. The van der Waals surface area contributed by atoms with Gasteiger partial charge in [-0.15, -0.1) is 11.3 Å². The molecule has 112 valence electrons. The fourth-order valence-corrected chi connectivity index (χ4v) is 4.15. The molecule has 4 heteroatoms. The maximum absolute atomic E-state index is 12.7. The van der Waals surface area contributed by atoms with Crippen LogP contribution in [0.25, 0.3) is 0 Å². The Kier molecular flexibility index (Phi) is 4.86. The van der Waals surface area contributed by atoms with E-state index in [1.54, 1.807) is 11.3 Å². The Morgan fingerprint density at radius 2 is 2.30 bits per heavy atom. The van der Waals surface area contributed by atoms with E-state index in [0.29, 0.717) is 0 Å². The maximum Gasteiger partial charge on any atom is 0.227 e. The van der Waals surface area contributed by atoms with Crippen molar-refractivity contribution in [1.29, 1.82) is 0 Å². The molecule has 2 atom stereocenters. The molecule has 0 spiro atoms. The third-order valence-electron chi connectivity index (χ3n) is 4.52. The summed E-state index contributed by atoms with van der Waals surface area (Å²) < 4.78 is 0. The molecule has 1 saturated heterocycles. The second-order valence-electron chi connectivity index (χ2n) is 5.98. The zero-order valence-corrected chi connectivity index (χ0v) is 13.8. The number of amides is 1. The third-order valence-corrected chi connectivity index (χ3v) is 5.51. The number of rotatable bonds is 4. The van der Waals surface area contributed by atoms with Gasteiger partial charge in [-0.2, -0.15) is 0 Å². The summed E-state index contributed by atoms with van der Waals surface area (Å²) in [5.41, 5.74) is 1.04. The molecule has 0 aromatic carbocycles. The van der Waals surface area contributed by atoms with Crippen molar-refractivity contribution in [2.75, 3.05) is 13.1 Å². The van der Waals surface area contributed by atoms with Crippen molar-refractivity contribution in [3.8, 4) is 0 Å². The van der Waals surface area contributed by atoms with Crippen LogP contribution in [-0.2, 0) is 4.79 Å². The second-order valence-corrected chi connectivity index (χ2v) is 7.44. The topological polar surface area (TPSA) is 41.1 Å². The van der Waals surface area contributed by atoms with Gasteiger partial charge in [0.2, 0.25) is 5.91 Å². The first-order valence-corrected chi connectivity index (χ1v) is 8.39. The zero-order valence-electron chi connectivity index (χ0n) is 13.0. The minimum absolute atomic E-state index is 0.0952. The highest BCUT2D eigenvalue weighted by Crippen LogP contribution is 2.32. The molecule has 0 saturated carbocycles. The van der Waals surface area contributed by atoms with Crippen molar-refractivity contribution < 1.29 is 4.79 Å².